The number of nitrogens with zero attached hydrogens (tertiary/aromatic N) is 2. The van der Waals surface area contributed by atoms with E-state index in [1.807, 2.05) is 12.1 Å². The van der Waals surface area contributed by atoms with Crippen LogP contribution in [0.2, 0.25) is 5.02 Å². The summed E-state index contributed by atoms with van der Waals surface area (Å²) in [6, 6.07) is 10.5. The average molecular weight is 408 g/mol. The molecule has 2 aromatic rings. The van der Waals surface area contributed by atoms with Gasteiger partial charge in [0.15, 0.2) is 0 Å². The van der Waals surface area contributed by atoms with Crippen molar-refractivity contribution in [3.8, 4) is 0 Å². The van der Waals surface area contributed by atoms with Gasteiger partial charge in [-0.1, -0.05) is 29.8 Å². The van der Waals surface area contributed by atoms with Crippen molar-refractivity contribution in [2.75, 3.05) is 13.1 Å². The highest BCUT2D eigenvalue weighted by Gasteiger charge is 2.32. The van der Waals surface area contributed by atoms with Crippen LogP contribution in [0.25, 0.3) is 0 Å². The number of piperidine rings is 1. The Balaban J connectivity index is 1.59. The van der Waals surface area contributed by atoms with Crippen LogP contribution in [-0.4, -0.2) is 36.7 Å². The van der Waals surface area contributed by atoms with Crippen molar-refractivity contribution in [3.63, 3.8) is 0 Å². The lowest BCUT2D eigenvalue weighted by molar-refractivity contribution is -0.126. The summed E-state index contributed by atoms with van der Waals surface area (Å²) in [6.07, 6.45) is 4.73. The summed E-state index contributed by atoms with van der Waals surface area (Å²) in [7, 11) is -3.48. The lowest BCUT2D eigenvalue weighted by atomic mass is 9.99. The van der Waals surface area contributed by atoms with Gasteiger partial charge in [-0.25, -0.2) is 12.7 Å². The van der Waals surface area contributed by atoms with Crippen molar-refractivity contribution in [3.05, 3.63) is 64.9 Å². The number of pyridine rings is 1. The average Bonchev–Trinajstić information content (AvgIpc) is 2.68. The molecule has 6 nitrogen and oxygen atoms in total. The summed E-state index contributed by atoms with van der Waals surface area (Å²) in [4.78, 5) is 16.5. The maximum atomic E-state index is 12.7. The van der Waals surface area contributed by atoms with E-state index in [1.165, 1.54) is 4.31 Å². The van der Waals surface area contributed by atoms with E-state index in [9.17, 15) is 13.2 Å². The van der Waals surface area contributed by atoms with Gasteiger partial charge in [-0.3, -0.25) is 9.78 Å². The fourth-order valence-corrected chi connectivity index (χ4v) is 4.86. The highest BCUT2D eigenvalue weighted by atomic mass is 35.5. The van der Waals surface area contributed by atoms with E-state index in [4.69, 9.17) is 11.6 Å². The van der Waals surface area contributed by atoms with Crippen molar-refractivity contribution in [1.82, 2.24) is 14.6 Å². The van der Waals surface area contributed by atoms with Gasteiger partial charge in [0.2, 0.25) is 15.9 Å². The quantitative estimate of drug-likeness (QED) is 0.798. The third kappa shape index (κ3) is 5.51. The molecule has 0 unspecified atom stereocenters. The Hall–Kier alpha value is -1.96. The highest BCUT2D eigenvalue weighted by Crippen LogP contribution is 2.22. The second-order valence-electron chi connectivity index (χ2n) is 6.66. The Bertz CT molecular complexity index is 873. The first-order chi connectivity index (χ1) is 12.9. The van der Waals surface area contributed by atoms with Crippen LogP contribution in [0.3, 0.4) is 0 Å². The lowest BCUT2D eigenvalue weighted by Crippen LogP contribution is -2.45. The molecule has 1 atom stereocenters. The molecule has 1 saturated heterocycles. The number of hydrogen-bond acceptors (Lipinski definition) is 4. The molecule has 8 heteroatoms. The van der Waals surface area contributed by atoms with Gasteiger partial charge in [0.05, 0.1) is 11.7 Å². The normalized spacial score (nSPS) is 18.2. The first kappa shape index (κ1) is 19.8. The van der Waals surface area contributed by atoms with E-state index in [0.717, 1.165) is 5.56 Å². The van der Waals surface area contributed by atoms with Crippen LogP contribution in [0, 0.1) is 5.92 Å². The topological polar surface area (TPSA) is 79.4 Å². The van der Waals surface area contributed by atoms with Crippen LogP contribution in [0.5, 0.6) is 0 Å². The maximum Gasteiger partial charge on any atom is 0.224 e. The molecule has 0 bridgehead atoms. The zero-order valence-electron chi connectivity index (χ0n) is 14.8. The number of nitrogens with one attached hydrogen (secondary N) is 1. The van der Waals surface area contributed by atoms with E-state index >= 15 is 0 Å². The van der Waals surface area contributed by atoms with E-state index in [0.29, 0.717) is 36.5 Å². The first-order valence-electron chi connectivity index (χ1n) is 8.83. The third-order valence-corrected chi connectivity index (χ3v) is 6.67. The Morgan fingerprint density at radius 3 is 2.70 bits per heavy atom. The Labute approximate surface area is 164 Å². The molecule has 0 radical (unpaired) electrons. The van der Waals surface area contributed by atoms with Crippen molar-refractivity contribution in [1.29, 1.82) is 0 Å². The van der Waals surface area contributed by atoms with Gasteiger partial charge in [0, 0.05) is 37.1 Å². The summed E-state index contributed by atoms with van der Waals surface area (Å²) in [5.41, 5.74) is 1.59. The van der Waals surface area contributed by atoms with Gasteiger partial charge >= 0.3 is 0 Å². The van der Waals surface area contributed by atoms with Crippen LogP contribution in [0.1, 0.15) is 24.0 Å². The number of benzene rings is 1. The first-order valence-corrected chi connectivity index (χ1v) is 10.8. The largest absolute Gasteiger partial charge is 0.352 e. The van der Waals surface area contributed by atoms with Crippen molar-refractivity contribution in [2.45, 2.75) is 25.1 Å². The third-order valence-electron chi connectivity index (χ3n) is 4.60. The number of halogens is 1. The van der Waals surface area contributed by atoms with Crippen molar-refractivity contribution >= 4 is 27.5 Å². The van der Waals surface area contributed by atoms with Gasteiger partial charge in [-0.05, 0) is 42.2 Å². The molecule has 27 heavy (non-hydrogen) atoms. The molecule has 0 saturated carbocycles. The van der Waals surface area contributed by atoms with E-state index < -0.39 is 10.0 Å². The number of rotatable bonds is 6. The molecule has 0 spiro atoms. The molecule has 3 rings (SSSR count). The predicted octanol–water partition coefficient (Wildman–Crippen LogP) is 2.59. The Kier molecular flexibility index (Phi) is 6.46. The zero-order valence-corrected chi connectivity index (χ0v) is 16.4. The van der Waals surface area contributed by atoms with Crippen LogP contribution < -0.4 is 5.32 Å². The maximum absolute atomic E-state index is 12.7. The van der Waals surface area contributed by atoms with Gasteiger partial charge in [0.25, 0.3) is 0 Å². The molecule has 1 aliphatic rings. The molecule has 1 aromatic carbocycles. The van der Waals surface area contributed by atoms with Gasteiger partial charge < -0.3 is 5.32 Å². The molecular weight excluding hydrogens is 386 g/mol. The second-order valence-corrected chi connectivity index (χ2v) is 9.06. The number of hydrogen-bond donors (Lipinski definition) is 1. The minimum atomic E-state index is -3.48. The molecule has 1 fully saturated rings. The fourth-order valence-electron chi connectivity index (χ4n) is 3.13. The smallest absolute Gasteiger partial charge is 0.224 e. The number of aromatic nitrogens is 1. The van der Waals surface area contributed by atoms with Crippen LogP contribution >= 0.6 is 11.6 Å². The van der Waals surface area contributed by atoms with Gasteiger partial charge in [-0.2, -0.15) is 0 Å². The van der Waals surface area contributed by atoms with Gasteiger partial charge in [0.1, 0.15) is 0 Å². The number of sulfonamides is 1. The number of amides is 1. The van der Waals surface area contributed by atoms with Crippen LogP contribution in [0.4, 0.5) is 0 Å². The SMILES string of the molecule is O=C(NCc1cccnc1)[C@H]1CCCN(S(=O)(=O)Cc2ccc(Cl)cc2)C1. The number of carbonyl (C=O) groups excluding carboxylic acids is 1. The van der Waals surface area contributed by atoms with E-state index in [-0.39, 0.29) is 24.1 Å². The van der Waals surface area contributed by atoms with Crippen LogP contribution in [-0.2, 0) is 27.1 Å². The summed E-state index contributed by atoms with van der Waals surface area (Å²) >= 11 is 5.85. The van der Waals surface area contributed by atoms with Crippen molar-refractivity contribution < 1.29 is 13.2 Å². The van der Waals surface area contributed by atoms with E-state index in [2.05, 4.69) is 10.3 Å². The monoisotopic (exact) mass is 407 g/mol. The summed E-state index contributed by atoms with van der Waals surface area (Å²) < 4.78 is 26.9. The molecule has 2 heterocycles. The summed E-state index contributed by atoms with van der Waals surface area (Å²) in [5.74, 6) is -0.547. The number of carbonyl (C=O) groups is 1. The Morgan fingerprint density at radius 2 is 2.00 bits per heavy atom. The summed E-state index contributed by atoms with van der Waals surface area (Å²) in [6.45, 7) is 1.05. The highest BCUT2D eigenvalue weighted by molar-refractivity contribution is 7.88. The fraction of sp³-hybridized carbons (Fsp3) is 0.368. The second kappa shape index (κ2) is 8.82. The Morgan fingerprint density at radius 1 is 1.22 bits per heavy atom. The molecule has 1 amide bonds. The van der Waals surface area contributed by atoms with Gasteiger partial charge in [-0.15, -0.1) is 0 Å². The van der Waals surface area contributed by atoms with E-state index in [1.54, 1.807) is 36.7 Å². The zero-order chi connectivity index (χ0) is 19.3. The lowest BCUT2D eigenvalue weighted by Gasteiger charge is -2.31. The standard InChI is InChI=1S/C19H22ClN3O3S/c20-18-7-5-15(6-8-18)14-27(25,26)23-10-2-4-17(13-23)19(24)22-12-16-3-1-9-21-11-16/h1,3,5-9,11,17H,2,4,10,12-14H2,(H,22,24)/t17-/m0/s1. The molecule has 0 aliphatic carbocycles. The molecule has 1 aromatic heterocycles. The molecular formula is C19H22ClN3O3S. The molecule has 1 aliphatic heterocycles. The predicted molar refractivity (Wildman–Crippen MR) is 104 cm³/mol. The minimum Gasteiger partial charge on any atom is -0.352 e. The minimum absolute atomic E-state index is 0.0891. The summed E-state index contributed by atoms with van der Waals surface area (Å²) in [5, 5.41) is 3.45. The van der Waals surface area contributed by atoms with Crippen LogP contribution in [0.15, 0.2) is 48.8 Å². The molecule has 1 N–H and O–H groups in total. The molecule has 144 valence electrons. The van der Waals surface area contributed by atoms with Crippen molar-refractivity contribution in [2.24, 2.45) is 5.92 Å².